The Balaban J connectivity index is 2.80. The molecule has 1 rings (SSSR count). The fourth-order valence-electron chi connectivity index (χ4n) is 1.67. The number of amides is 1. The molecule has 0 spiro atoms. The van der Waals surface area contributed by atoms with E-state index < -0.39 is 22.8 Å². The lowest BCUT2D eigenvalue weighted by Crippen LogP contribution is -2.40. The molecule has 0 fully saturated rings. The van der Waals surface area contributed by atoms with Crippen molar-refractivity contribution in [2.45, 2.75) is 32.2 Å². The van der Waals surface area contributed by atoms with Crippen molar-refractivity contribution in [1.82, 2.24) is 5.32 Å². The smallest absolute Gasteiger partial charge is 0.326 e. The van der Waals surface area contributed by atoms with E-state index in [0.717, 1.165) is 12.5 Å². The highest BCUT2D eigenvalue weighted by Gasteiger charge is 2.20. The van der Waals surface area contributed by atoms with Crippen molar-refractivity contribution in [3.8, 4) is 0 Å². The zero-order valence-corrected chi connectivity index (χ0v) is 11.0. The summed E-state index contributed by atoms with van der Waals surface area (Å²) in [5.41, 5.74) is -0.139. The fraction of sp³-hybridized carbons (Fsp3) is 0.385. The normalized spacial score (nSPS) is 11.7. The number of nitro groups is 1. The highest BCUT2D eigenvalue weighted by molar-refractivity contribution is 5.97. The number of carbonyl (C=O) groups excluding carboxylic acids is 1. The van der Waals surface area contributed by atoms with E-state index in [0.29, 0.717) is 12.8 Å². The minimum Gasteiger partial charge on any atom is -0.480 e. The number of carboxylic acids is 1. The summed E-state index contributed by atoms with van der Waals surface area (Å²) >= 11 is 0. The van der Waals surface area contributed by atoms with Gasteiger partial charge in [0, 0.05) is 17.7 Å². The highest BCUT2D eigenvalue weighted by atomic mass is 16.6. The van der Waals surface area contributed by atoms with Crippen molar-refractivity contribution >= 4 is 17.6 Å². The molecular weight excluding hydrogens is 264 g/mol. The maximum Gasteiger partial charge on any atom is 0.326 e. The molecular formula is C13H16N2O5. The predicted octanol–water partition coefficient (Wildman–Crippen LogP) is 1.97. The Morgan fingerprint density at radius 3 is 2.70 bits per heavy atom. The first-order chi connectivity index (χ1) is 9.45. The lowest BCUT2D eigenvalue weighted by molar-refractivity contribution is -0.384. The average molecular weight is 280 g/mol. The third-order valence-corrected chi connectivity index (χ3v) is 2.77. The first-order valence-corrected chi connectivity index (χ1v) is 6.23. The van der Waals surface area contributed by atoms with E-state index >= 15 is 0 Å². The molecule has 1 aromatic carbocycles. The Kier molecular flexibility index (Phi) is 5.64. The summed E-state index contributed by atoms with van der Waals surface area (Å²) in [6, 6.07) is 4.19. The molecule has 1 aromatic rings. The Bertz CT molecular complexity index is 515. The molecule has 0 saturated carbocycles. The number of carbonyl (C=O) groups is 2. The van der Waals surface area contributed by atoms with Crippen LogP contribution in [0.1, 0.15) is 36.5 Å². The SMILES string of the molecule is CCCC[C@@H](NC(=O)c1cccc([N+](=O)[O-])c1)C(=O)O. The number of nitrogens with zero attached hydrogens (tertiary/aromatic N) is 1. The Hall–Kier alpha value is -2.44. The number of hydrogen-bond acceptors (Lipinski definition) is 4. The molecule has 0 radical (unpaired) electrons. The molecule has 0 aliphatic carbocycles. The third-order valence-electron chi connectivity index (χ3n) is 2.77. The summed E-state index contributed by atoms with van der Waals surface area (Å²) < 4.78 is 0. The number of rotatable bonds is 7. The highest BCUT2D eigenvalue weighted by Crippen LogP contribution is 2.13. The quantitative estimate of drug-likeness (QED) is 0.586. The van der Waals surface area contributed by atoms with Crippen LogP contribution in [-0.2, 0) is 4.79 Å². The maximum atomic E-state index is 11.9. The van der Waals surface area contributed by atoms with Gasteiger partial charge in [-0.3, -0.25) is 14.9 Å². The van der Waals surface area contributed by atoms with Gasteiger partial charge in [-0.2, -0.15) is 0 Å². The third kappa shape index (κ3) is 4.34. The van der Waals surface area contributed by atoms with Crippen LogP contribution in [0.2, 0.25) is 0 Å². The maximum absolute atomic E-state index is 11.9. The number of benzene rings is 1. The van der Waals surface area contributed by atoms with Crippen LogP contribution in [0, 0.1) is 10.1 Å². The van der Waals surface area contributed by atoms with Gasteiger partial charge in [0.1, 0.15) is 6.04 Å². The van der Waals surface area contributed by atoms with Crippen LogP contribution < -0.4 is 5.32 Å². The van der Waals surface area contributed by atoms with E-state index in [9.17, 15) is 19.7 Å². The summed E-state index contributed by atoms with van der Waals surface area (Å²) in [7, 11) is 0. The van der Waals surface area contributed by atoms with Crippen LogP contribution >= 0.6 is 0 Å². The molecule has 7 nitrogen and oxygen atoms in total. The largest absolute Gasteiger partial charge is 0.480 e. The number of nitrogens with one attached hydrogen (secondary N) is 1. The summed E-state index contributed by atoms with van der Waals surface area (Å²) in [6.07, 6.45) is 1.81. The topological polar surface area (TPSA) is 110 Å². The van der Waals surface area contributed by atoms with Crippen molar-refractivity contribution in [1.29, 1.82) is 0 Å². The van der Waals surface area contributed by atoms with E-state index in [4.69, 9.17) is 5.11 Å². The second-order valence-electron chi connectivity index (χ2n) is 4.31. The predicted molar refractivity (Wildman–Crippen MR) is 71.5 cm³/mol. The molecule has 2 N–H and O–H groups in total. The zero-order chi connectivity index (χ0) is 15.1. The number of hydrogen-bond donors (Lipinski definition) is 2. The van der Waals surface area contributed by atoms with Crippen molar-refractivity contribution in [3.05, 3.63) is 39.9 Å². The van der Waals surface area contributed by atoms with E-state index in [-0.39, 0.29) is 11.3 Å². The lowest BCUT2D eigenvalue weighted by atomic mass is 10.1. The molecule has 0 aliphatic rings. The van der Waals surface area contributed by atoms with Crippen LogP contribution in [-0.4, -0.2) is 27.9 Å². The van der Waals surface area contributed by atoms with E-state index in [2.05, 4.69) is 5.32 Å². The Morgan fingerprint density at radius 1 is 1.45 bits per heavy atom. The zero-order valence-electron chi connectivity index (χ0n) is 11.0. The number of aliphatic carboxylic acids is 1. The van der Waals surface area contributed by atoms with Crippen molar-refractivity contribution in [2.24, 2.45) is 0 Å². The molecule has 108 valence electrons. The number of carboxylic acid groups (broad SMARTS) is 1. The molecule has 1 amide bonds. The number of unbranched alkanes of at least 4 members (excludes halogenated alkanes) is 1. The Morgan fingerprint density at radius 2 is 2.15 bits per heavy atom. The summed E-state index contributed by atoms with van der Waals surface area (Å²) in [5.74, 6) is -1.74. The van der Waals surface area contributed by atoms with Gasteiger partial charge in [0.25, 0.3) is 11.6 Å². The van der Waals surface area contributed by atoms with Crippen LogP contribution in [0.15, 0.2) is 24.3 Å². The minimum absolute atomic E-state index is 0.0712. The van der Waals surface area contributed by atoms with Crippen molar-refractivity contribution in [3.63, 3.8) is 0 Å². The van der Waals surface area contributed by atoms with Crippen LogP contribution in [0.5, 0.6) is 0 Å². The summed E-state index contributed by atoms with van der Waals surface area (Å²) in [5, 5.41) is 22.0. The van der Waals surface area contributed by atoms with Gasteiger partial charge >= 0.3 is 5.97 Å². The fourth-order valence-corrected chi connectivity index (χ4v) is 1.67. The van der Waals surface area contributed by atoms with Gasteiger partial charge in [-0.1, -0.05) is 25.8 Å². The van der Waals surface area contributed by atoms with Crippen molar-refractivity contribution in [2.75, 3.05) is 0 Å². The second kappa shape index (κ2) is 7.22. The van der Waals surface area contributed by atoms with Gasteiger partial charge in [0.2, 0.25) is 0 Å². The summed E-state index contributed by atoms with van der Waals surface area (Å²) in [6.45, 7) is 1.92. The minimum atomic E-state index is -1.11. The monoisotopic (exact) mass is 280 g/mol. The molecule has 0 heterocycles. The van der Waals surface area contributed by atoms with Crippen LogP contribution in [0.25, 0.3) is 0 Å². The van der Waals surface area contributed by atoms with Gasteiger partial charge in [0.15, 0.2) is 0 Å². The van der Waals surface area contributed by atoms with Gasteiger partial charge in [0.05, 0.1) is 4.92 Å². The molecule has 7 heteroatoms. The molecule has 0 bridgehead atoms. The number of nitro benzene ring substituents is 1. The standard InChI is InChI=1S/C13H16N2O5/c1-2-3-7-11(13(17)18)14-12(16)9-5-4-6-10(8-9)15(19)20/h4-6,8,11H,2-3,7H2,1H3,(H,14,16)(H,17,18)/t11-/m1/s1. The summed E-state index contributed by atoms with van der Waals surface area (Å²) in [4.78, 5) is 32.9. The molecule has 1 atom stereocenters. The van der Waals surface area contributed by atoms with Gasteiger partial charge < -0.3 is 10.4 Å². The van der Waals surface area contributed by atoms with Gasteiger partial charge in [-0.05, 0) is 12.5 Å². The van der Waals surface area contributed by atoms with Crippen LogP contribution in [0.3, 0.4) is 0 Å². The van der Waals surface area contributed by atoms with Gasteiger partial charge in [-0.15, -0.1) is 0 Å². The molecule has 0 aliphatic heterocycles. The number of non-ortho nitro benzene ring substituents is 1. The van der Waals surface area contributed by atoms with Gasteiger partial charge in [-0.25, -0.2) is 4.79 Å². The Labute approximate surface area is 115 Å². The van der Waals surface area contributed by atoms with E-state index in [1.807, 2.05) is 6.92 Å². The first-order valence-electron chi connectivity index (χ1n) is 6.23. The van der Waals surface area contributed by atoms with Crippen LogP contribution in [0.4, 0.5) is 5.69 Å². The van der Waals surface area contributed by atoms with E-state index in [1.54, 1.807) is 0 Å². The molecule has 20 heavy (non-hydrogen) atoms. The van der Waals surface area contributed by atoms with E-state index in [1.165, 1.54) is 18.2 Å². The molecule has 0 saturated heterocycles. The first kappa shape index (κ1) is 15.6. The lowest BCUT2D eigenvalue weighted by Gasteiger charge is -2.13. The molecule has 0 aromatic heterocycles. The van der Waals surface area contributed by atoms with Crippen molar-refractivity contribution < 1.29 is 19.6 Å². The average Bonchev–Trinajstić information content (AvgIpc) is 2.42. The second-order valence-corrected chi connectivity index (χ2v) is 4.31. The molecule has 0 unspecified atom stereocenters.